The number of benzene rings is 2. The summed E-state index contributed by atoms with van der Waals surface area (Å²) in [6, 6.07) is 9.26. The zero-order chi connectivity index (χ0) is 24.8. The van der Waals surface area contributed by atoms with E-state index in [0.717, 1.165) is 34.1 Å². The number of thioether (sulfide) groups is 1. The minimum atomic E-state index is -0.326. The van der Waals surface area contributed by atoms with Crippen LogP contribution in [-0.4, -0.2) is 53.2 Å². The Bertz CT molecular complexity index is 1190. The van der Waals surface area contributed by atoms with Gasteiger partial charge >= 0.3 is 0 Å². The second-order valence-electron chi connectivity index (χ2n) is 7.63. The first-order chi connectivity index (χ1) is 16.2. The quantitative estimate of drug-likeness (QED) is 0.312. The number of nitrogen functional groups attached to an aromatic ring is 1. The van der Waals surface area contributed by atoms with Gasteiger partial charge in [-0.1, -0.05) is 29.5 Å². The number of anilines is 1. The van der Waals surface area contributed by atoms with Gasteiger partial charge in [-0.25, -0.2) is 4.68 Å². The Kier molecular flexibility index (Phi) is 8.00. The minimum Gasteiger partial charge on any atom is -0.493 e. The number of rotatable bonds is 9. The maximum absolute atomic E-state index is 12.3. The molecule has 34 heavy (non-hydrogen) atoms. The molecule has 0 unspecified atom stereocenters. The van der Waals surface area contributed by atoms with Gasteiger partial charge in [0.05, 0.1) is 26.5 Å². The molecule has 2 amide bonds. The highest BCUT2D eigenvalue weighted by atomic mass is 32.2. The van der Waals surface area contributed by atoms with Crippen molar-refractivity contribution in [2.45, 2.75) is 25.9 Å². The Hall–Kier alpha value is -3.73. The number of carbonyl (C=O) groups is 2. The Balaban J connectivity index is 1.55. The molecule has 1 heterocycles. The van der Waals surface area contributed by atoms with Crippen LogP contribution in [0.1, 0.15) is 16.7 Å². The summed E-state index contributed by atoms with van der Waals surface area (Å²) in [4.78, 5) is 24.5. The summed E-state index contributed by atoms with van der Waals surface area (Å²) in [7, 11) is 3.09. The van der Waals surface area contributed by atoms with Crippen LogP contribution in [0.3, 0.4) is 0 Å². The summed E-state index contributed by atoms with van der Waals surface area (Å²) in [5.41, 5.74) is 4.52. The zero-order valence-electron chi connectivity index (χ0n) is 19.8. The van der Waals surface area contributed by atoms with Crippen molar-refractivity contribution in [2.75, 3.05) is 37.7 Å². The van der Waals surface area contributed by atoms with E-state index in [0.29, 0.717) is 28.0 Å². The molecule has 0 fully saturated rings. The van der Waals surface area contributed by atoms with Crippen molar-refractivity contribution in [3.05, 3.63) is 47.0 Å². The van der Waals surface area contributed by atoms with E-state index in [1.165, 1.54) is 11.8 Å². The Labute approximate surface area is 202 Å². The van der Waals surface area contributed by atoms with E-state index >= 15 is 0 Å². The molecule has 0 saturated heterocycles. The average Bonchev–Trinajstić information content (AvgIpc) is 3.18. The van der Waals surface area contributed by atoms with E-state index in [-0.39, 0.29) is 24.1 Å². The van der Waals surface area contributed by atoms with Crippen LogP contribution in [0.15, 0.2) is 35.5 Å². The van der Waals surface area contributed by atoms with Gasteiger partial charge < -0.3 is 25.9 Å². The topological polar surface area (TPSA) is 133 Å². The molecule has 180 valence electrons. The first-order valence-electron chi connectivity index (χ1n) is 10.4. The number of aromatic nitrogens is 3. The Morgan fingerprint density at radius 2 is 1.68 bits per heavy atom. The van der Waals surface area contributed by atoms with Crippen LogP contribution in [0, 0.1) is 20.8 Å². The van der Waals surface area contributed by atoms with Crippen molar-refractivity contribution in [1.82, 2.24) is 20.2 Å². The van der Waals surface area contributed by atoms with Crippen molar-refractivity contribution in [3.8, 4) is 22.9 Å². The average molecular weight is 485 g/mol. The van der Waals surface area contributed by atoms with Gasteiger partial charge in [0.25, 0.3) is 0 Å². The molecule has 0 atom stereocenters. The molecule has 0 aliphatic carbocycles. The summed E-state index contributed by atoms with van der Waals surface area (Å²) in [6.07, 6.45) is 0. The van der Waals surface area contributed by atoms with Gasteiger partial charge in [-0.2, -0.15) is 0 Å². The van der Waals surface area contributed by atoms with Crippen LogP contribution >= 0.6 is 11.8 Å². The maximum atomic E-state index is 12.3. The molecule has 3 aromatic rings. The van der Waals surface area contributed by atoms with Gasteiger partial charge in [0.1, 0.15) is 0 Å². The van der Waals surface area contributed by atoms with Crippen LogP contribution in [0.25, 0.3) is 11.4 Å². The zero-order valence-corrected chi connectivity index (χ0v) is 20.6. The molecular weight excluding hydrogens is 456 g/mol. The summed E-state index contributed by atoms with van der Waals surface area (Å²) >= 11 is 1.12. The highest BCUT2D eigenvalue weighted by Gasteiger charge is 2.16. The van der Waals surface area contributed by atoms with E-state index in [4.69, 9.17) is 15.3 Å². The van der Waals surface area contributed by atoms with Gasteiger partial charge in [0.2, 0.25) is 17.0 Å². The highest BCUT2D eigenvalue weighted by Crippen LogP contribution is 2.32. The molecule has 0 aliphatic heterocycles. The minimum absolute atomic E-state index is 0.0249. The van der Waals surface area contributed by atoms with E-state index in [9.17, 15) is 9.59 Å². The largest absolute Gasteiger partial charge is 0.493 e. The molecule has 3 rings (SSSR count). The Morgan fingerprint density at radius 3 is 2.32 bits per heavy atom. The number of nitrogens with two attached hydrogens (primary N) is 1. The van der Waals surface area contributed by atoms with Crippen LogP contribution in [-0.2, 0) is 9.59 Å². The normalized spacial score (nSPS) is 10.6. The number of hydrogen-bond acceptors (Lipinski definition) is 8. The van der Waals surface area contributed by atoms with Gasteiger partial charge in [0.15, 0.2) is 17.3 Å². The third kappa shape index (κ3) is 5.79. The molecular formula is C23H28N6O4S. The maximum Gasteiger partial charge on any atom is 0.243 e. The number of methoxy groups -OCH3 is 2. The lowest BCUT2D eigenvalue weighted by molar-refractivity contribution is -0.122. The molecule has 0 radical (unpaired) electrons. The van der Waals surface area contributed by atoms with Gasteiger partial charge in [0, 0.05) is 11.3 Å². The Morgan fingerprint density at radius 1 is 1.00 bits per heavy atom. The fourth-order valence-corrected chi connectivity index (χ4v) is 4.15. The number of ether oxygens (including phenoxy) is 2. The molecule has 0 saturated carbocycles. The summed E-state index contributed by atoms with van der Waals surface area (Å²) in [5, 5.41) is 14.0. The van der Waals surface area contributed by atoms with E-state index in [1.807, 2.05) is 32.9 Å². The number of amides is 2. The van der Waals surface area contributed by atoms with Crippen LogP contribution < -0.4 is 25.9 Å². The number of carbonyl (C=O) groups excluding carboxylic acids is 2. The number of aryl methyl sites for hydroxylation is 3. The summed E-state index contributed by atoms with van der Waals surface area (Å²) < 4.78 is 11.9. The first kappa shape index (κ1) is 24.9. The standard InChI is InChI=1S/C23H28N6O4S/c1-13-8-14(2)21(15(3)9-13)26-19(30)11-25-20(31)12-34-23-28-27-22(29(23)24)16-6-7-17(32-4)18(10-16)33-5/h6-10H,11-12,24H2,1-5H3,(H,25,31)(H,26,30). The van der Waals surface area contributed by atoms with Crippen LogP contribution in [0.4, 0.5) is 5.69 Å². The predicted molar refractivity (Wildman–Crippen MR) is 132 cm³/mol. The highest BCUT2D eigenvalue weighted by molar-refractivity contribution is 7.99. The van der Waals surface area contributed by atoms with E-state index in [2.05, 4.69) is 20.8 Å². The second kappa shape index (κ2) is 10.9. The van der Waals surface area contributed by atoms with E-state index < -0.39 is 0 Å². The SMILES string of the molecule is COc1ccc(-c2nnc(SCC(=O)NCC(=O)Nc3c(C)cc(C)cc3C)n2N)cc1OC. The molecule has 2 aromatic carbocycles. The van der Waals surface area contributed by atoms with Crippen LogP contribution in [0.2, 0.25) is 0 Å². The van der Waals surface area contributed by atoms with Gasteiger partial charge in [-0.05, 0) is 50.1 Å². The molecule has 10 nitrogen and oxygen atoms in total. The van der Waals surface area contributed by atoms with E-state index in [1.54, 1.807) is 25.3 Å². The van der Waals surface area contributed by atoms with Crippen molar-refractivity contribution < 1.29 is 19.1 Å². The molecule has 4 N–H and O–H groups in total. The van der Waals surface area contributed by atoms with Gasteiger partial charge in [-0.3, -0.25) is 9.59 Å². The fourth-order valence-electron chi connectivity index (χ4n) is 3.47. The smallest absolute Gasteiger partial charge is 0.243 e. The third-order valence-electron chi connectivity index (χ3n) is 5.03. The van der Waals surface area contributed by atoms with Gasteiger partial charge in [-0.15, -0.1) is 10.2 Å². The lowest BCUT2D eigenvalue weighted by Gasteiger charge is -2.13. The molecule has 0 bridgehead atoms. The summed E-state index contributed by atoms with van der Waals surface area (Å²) in [6.45, 7) is 5.73. The third-order valence-corrected chi connectivity index (χ3v) is 5.97. The predicted octanol–water partition coefficient (Wildman–Crippen LogP) is 2.45. The second-order valence-corrected chi connectivity index (χ2v) is 8.58. The van der Waals surface area contributed by atoms with Crippen molar-refractivity contribution >= 4 is 29.3 Å². The molecule has 0 aliphatic rings. The van der Waals surface area contributed by atoms with Crippen LogP contribution in [0.5, 0.6) is 11.5 Å². The molecule has 0 spiro atoms. The summed E-state index contributed by atoms with van der Waals surface area (Å²) in [5.74, 6) is 7.06. The van der Waals surface area contributed by atoms with Crippen molar-refractivity contribution in [1.29, 1.82) is 0 Å². The van der Waals surface area contributed by atoms with Crippen molar-refractivity contribution in [2.24, 2.45) is 0 Å². The molecule has 11 heteroatoms. The lowest BCUT2D eigenvalue weighted by atomic mass is 10.1. The fraction of sp³-hybridized carbons (Fsp3) is 0.304. The molecule has 1 aromatic heterocycles. The number of hydrogen-bond donors (Lipinski definition) is 3. The monoisotopic (exact) mass is 484 g/mol. The number of nitrogens with one attached hydrogen (secondary N) is 2. The first-order valence-corrected chi connectivity index (χ1v) is 11.4. The lowest BCUT2D eigenvalue weighted by Crippen LogP contribution is -2.34. The van der Waals surface area contributed by atoms with Crippen molar-refractivity contribution in [3.63, 3.8) is 0 Å². The number of nitrogens with zero attached hydrogens (tertiary/aromatic N) is 3.